The van der Waals surface area contributed by atoms with Gasteiger partial charge in [-0.15, -0.1) is 0 Å². The van der Waals surface area contributed by atoms with Crippen LogP contribution in [0.15, 0.2) is 28.7 Å². The lowest BCUT2D eigenvalue weighted by atomic mass is 10.2. The van der Waals surface area contributed by atoms with Crippen LogP contribution in [-0.4, -0.2) is 35.0 Å². The molecular formula is C17H20N2O3. The van der Waals surface area contributed by atoms with E-state index in [0.29, 0.717) is 30.3 Å². The maximum absolute atomic E-state index is 12.5. The summed E-state index contributed by atoms with van der Waals surface area (Å²) in [4.78, 5) is 18.7. The van der Waals surface area contributed by atoms with Crippen LogP contribution in [-0.2, 0) is 0 Å². The van der Waals surface area contributed by atoms with E-state index in [0.717, 1.165) is 17.9 Å². The second-order valence-corrected chi connectivity index (χ2v) is 5.72. The number of pyridine rings is 1. The van der Waals surface area contributed by atoms with Crippen LogP contribution < -0.4 is 4.74 Å². The second kappa shape index (κ2) is 5.83. The Balaban J connectivity index is 1.65. The summed E-state index contributed by atoms with van der Waals surface area (Å²) in [5.41, 5.74) is 1.57. The number of amides is 1. The van der Waals surface area contributed by atoms with Crippen LogP contribution in [0.3, 0.4) is 0 Å². The molecule has 2 aromatic heterocycles. The zero-order valence-corrected chi connectivity index (χ0v) is 13.1. The van der Waals surface area contributed by atoms with Gasteiger partial charge in [0.2, 0.25) is 5.88 Å². The topological polar surface area (TPSA) is 55.6 Å². The van der Waals surface area contributed by atoms with E-state index < -0.39 is 0 Å². The molecule has 5 heteroatoms. The summed E-state index contributed by atoms with van der Waals surface area (Å²) in [6, 6.07) is 7.50. The molecule has 5 nitrogen and oxygen atoms in total. The van der Waals surface area contributed by atoms with Crippen LogP contribution in [0.25, 0.3) is 0 Å². The SMILES string of the molecule is Cc1cccc(OC2CCN(C(=O)c3cc(C)oc3C)C2)n1. The van der Waals surface area contributed by atoms with Crippen molar-refractivity contribution in [3.63, 3.8) is 0 Å². The summed E-state index contributed by atoms with van der Waals surface area (Å²) in [5, 5.41) is 0. The van der Waals surface area contributed by atoms with Crippen LogP contribution in [0, 0.1) is 20.8 Å². The van der Waals surface area contributed by atoms with Crippen LogP contribution in [0.5, 0.6) is 5.88 Å². The Bertz CT molecular complexity index is 693. The van der Waals surface area contributed by atoms with E-state index in [2.05, 4.69) is 4.98 Å². The Morgan fingerprint density at radius 3 is 2.86 bits per heavy atom. The second-order valence-electron chi connectivity index (χ2n) is 5.72. The molecule has 22 heavy (non-hydrogen) atoms. The van der Waals surface area contributed by atoms with Gasteiger partial charge in [0.25, 0.3) is 5.91 Å². The van der Waals surface area contributed by atoms with Crippen LogP contribution in [0.2, 0.25) is 0 Å². The molecule has 1 fully saturated rings. The third-order valence-corrected chi connectivity index (χ3v) is 3.85. The highest BCUT2D eigenvalue weighted by atomic mass is 16.5. The molecule has 1 aliphatic heterocycles. The minimum absolute atomic E-state index is 0.00782. The maximum Gasteiger partial charge on any atom is 0.257 e. The number of carbonyl (C=O) groups excluding carboxylic acids is 1. The molecule has 0 radical (unpaired) electrons. The fraction of sp³-hybridized carbons (Fsp3) is 0.412. The number of ether oxygens (including phenoxy) is 1. The van der Waals surface area contributed by atoms with E-state index in [1.54, 1.807) is 6.07 Å². The Morgan fingerprint density at radius 2 is 2.18 bits per heavy atom. The molecule has 0 aliphatic carbocycles. The molecule has 3 heterocycles. The number of aromatic nitrogens is 1. The van der Waals surface area contributed by atoms with E-state index in [1.165, 1.54) is 0 Å². The van der Waals surface area contributed by atoms with Crippen molar-refractivity contribution in [1.82, 2.24) is 9.88 Å². The number of hydrogen-bond donors (Lipinski definition) is 0. The predicted octanol–water partition coefficient (Wildman–Crippen LogP) is 2.89. The van der Waals surface area contributed by atoms with Crippen LogP contribution >= 0.6 is 0 Å². The van der Waals surface area contributed by atoms with Gasteiger partial charge < -0.3 is 14.1 Å². The minimum atomic E-state index is -0.00782. The third kappa shape index (κ3) is 2.98. The lowest BCUT2D eigenvalue weighted by Crippen LogP contribution is -2.31. The zero-order valence-electron chi connectivity index (χ0n) is 13.1. The summed E-state index contributed by atoms with van der Waals surface area (Å²) in [6.07, 6.45) is 0.809. The van der Waals surface area contributed by atoms with E-state index >= 15 is 0 Å². The molecule has 0 saturated carbocycles. The Morgan fingerprint density at radius 1 is 1.36 bits per heavy atom. The number of furan rings is 1. The van der Waals surface area contributed by atoms with Gasteiger partial charge in [0.15, 0.2) is 0 Å². The van der Waals surface area contributed by atoms with Crippen molar-refractivity contribution in [2.24, 2.45) is 0 Å². The summed E-state index contributed by atoms with van der Waals surface area (Å²) in [6.45, 7) is 6.88. The Labute approximate surface area is 129 Å². The van der Waals surface area contributed by atoms with Crippen molar-refractivity contribution < 1.29 is 13.9 Å². The number of nitrogens with zero attached hydrogens (tertiary/aromatic N) is 2. The van der Waals surface area contributed by atoms with Gasteiger partial charge in [-0.1, -0.05) is 6.07 Å². The van der Waals surface area contributed by atoms with Crippen molar-refractivity contribution in [2.75, 3.05) is 13.1 Å². The maximum atomic E-state index is 12.5. The summed E-state index contributed by atoms with van der Waals surface area (Å²) < 4.78 is 11.3. The molecule has 1 saturated heterocycles. The number of hydrogen-bond acceptors (Lipinski definition) is 4. The van der Waals surface area contributed by atoms with Crippen molar-refractivity contribution in [3.05, 3.63) is 47.0 Å². The minimum Gasteiger partial charge on any atom is -0.472 e. The first-order valence-electron chi connectivity index (χ1n) is 7.49. The summed E-state index contributed by atoms with van der Waals surface area (Å²) in [5.74, 6) is 2.07. The molecule has 0 bridgehead atoms. The first-order chi connectivity index (χ1) is 10.5. The average Bonchev–Trinajstić information content (AvgIpc) is 3.05. The van der Waals surface area contributed by atoms with Crippen molar-refractivity contribution in [2.45, 2.75) is 33.3 Å². The molecule has 1 atom stereocenters. The van der Waals surface area contributed by atoms with Crippen molar-refractivity contribution >= 4 is 5.91 Å². The van der Waals surface area contributed by atoms with Gasteiger partial charge in [-0.2, -0.15) is 0 Å². The molecule has 1 unspecified atom stereocenters. The highest BCUT2D eigenvalue weighted by molar-refractivity contribution is 5.95. The van der Waals surface area contributed by atoms with Gasteiger partial charge in [-0.05, 0) is 32.9 Å². The first kappa shape index (κ1) is 14.6. The molecule has 0 N–H and O–H groups in total. The smallest absolute Gasteiger partial charge is 0.257 e. The normalized spacial score (nSPS) is 17.8. The lowest BCUT2D eigenvalue weighted by Gasteiger charge is -2.16. The summed E-state index contributed by atoms with van der Waals surface area (Å²) >= 11 is 0. The molecule has 2 aromatic rings. The Hall–Kier alpha value is -2.30. The molecule has 3 rings (SSSR count). The van der Waals surface area contributed by atoms with E-state index in [9.17, 15) is 4.79 Å². The van der Waals surface area contributed by atoms with Gasteiger partial charge in [0.1, 0.15) is 17.6 Å². The fourth-order valence-electron chi connectivity index (χ4n) is 2.78. The zero-order chi connectivity index (χ0) is 15.7. The molecular weight excluding hydrogens is 280 g/mol. The van der Waals surface area contributed by atoms with E-state index in [-0.39, 0.29) is 12.0 Å². The highest BCUT2D eigenvalue weighted by Gasteiger charge is 2.30. The third-order valence-electron chi connectivity index (χ3n) is 3.85. The van der Waals surface area contributed by atoms with Gasteiger partial charge in [0.05, 0.1) is 12.1 Å². The molecule has 0 spiro atoms. The van der Waals surface area contributed by atoms with Crippen LogP contribution in [0.1, 0.15) is 34.0 Å². The average molecular weight is 300 g/mol. The van der Waals surface area contributed by atoms with Crippen molar-refractivity contribution in [1.29, 1.82) is 0 Å². The molecule has 1 amide bonds. The Kier molecular flexibility index (Phi) is 3.88. The number of likely N-dealkylation sites (tertiary alicyclic amines) is 1. The van der Waals surface area contributed by atoms with Gasteiger partial charge in [-0.3, -0.25) is 4.79 Å². The fourth-order valence-corrected chi connectivity index (χ4v) is 2.78. The van der Waals surface area contributed by atoms with Gasteiger partial charge in [0, 0.05) is 24.7 Å². The molecule has 116 valence electrons. The van der Waals surface area contributed by atoms with Gasteiger partial charge >= 0.3 is 0 Å². The van der Waals surface area contributed by atoms with Crippen LogP contribution in [0.4, 0.5) is 0 Å². The lowest BCUT2D eigenvalue weighted by molar-refractivity contribution is 0.0769. The number of rotatable bonds is 3. The van der Waals surface area contributed by atoms with E-state index in [1.807, 2.05) is 43.9 Å². The number of carbonyl (C=O) groups is 1. The summed E-state index contributed by atoms with van der Waals surface area (Å²) in [7, 11) is 0. The standard InChI is InChI=1S/C17H20N2O3/c1-11-5-4-6-16(18-11)22-14-7-8-19(10-14)17(20)15-9-12(2)21-13(15)3/h4-6,9,14H,7-8,10H2,1-3H3. The highest BCUT2D eigenvalue weighted by Crippen LogP contribution is 2.21. The van der Waals surface area contributed by atoms with Gasteiger partial charge in [-0.25, -0.2) is 4.98 Å². The monoisotopic (exact) mass is 300 g/mol. The predicted molar refractivity (Wildman–Crippen MR) is 82.1 cm³/mol. The van der Waals surface area contributed by atoms with E-state index in [4.69, 9.17) is 9.15 Å². The quantitative estimate of drug-likeness (QED) is 0.874. The first-order valence-corrected chi connectivity index (χ1v) is 7.49. The van der Waals surface area contributed by atoms with Crippen molar-refractivity contribution in [3.8, 4) is 5.88 Å². The molecule has 1 aliphatic rings. The number of aryl methyl sites for hydroxylation is 3. The largest absolute Gasteiger partial charge is 0.472 e. The molecule has 0 aromatic carbocycles.